The van der Waals surface area contributed by atoms with Crippen molar-refractivity contribution in [3.63, 3.8) is 0 Å². The molecule has 4 aromatic rings. The van der Waals surface area contributed by atoms with E-state index in [4.69, 9.17) is 4.74 Å². The molecule has 0 radical (unpaired) electrons. The maximum atomic E-state index is 13.1. The Balaban J connectivity index is 1.60. The van der Waals surface area contributed by atoms with E-state index in [-0.39, 0.29) is 18.3 Å². The number of benzene rings is 2. The Morgan fingerprint density at radius 1 is 1.14 bits per heavy atom. The van der Waals surface area contributed by atoms with Crippen molar-refractivity contribution in [3.8, 4) is 5.75 Å². The summed E-state index contributed by atoms with van der Waals surface area (Å²) in [5, 5.41) is 2.85. The molecular weight excluding hydrogens is 371 g/mol. The van der Waals surface area contributed by atoms with Crippen molar-refractivity contribution in [2.24, 2.45) is 0 Å². The predicted octanol–water partition coefficient (Wildman–Crippen LogP) is 3.56. The molecule has 7 heteroatoms. The maximum absolute atomic E-state index is 13.1. The fourth-order valence-electron chi connectivity index (χ4n) is 3.12. The third-order valence-electron chi connectivity index (χ3n) is 4.57. The molecule has 0 atom stereocenters. The van der Waals surface area contributed by atoms with Crippen LogP contribution in [-0.4, -0.2) is 27.6 Å². The minimum absolute atomic E-state index is 0.219. The molecule has 2 aromatic heterocycles. The van der Waals surface area contributed by atoms with E-state index in [1.807, 2.05) is 41.0 Å². The number of methoxy groups -OCH3 is 1. The molecule has 0 aliphatic carbocycles. The number of halogens is 1. The van der Waals surface area contributed by atoms with Gasteiger partial charge in [0.25, 0.3) is 5.91 Å². The molecule has 0 spiro atoms. The standard InChI is InChI=1S/C22H19FN4O2/c1-29-18-5-2-4-15(12-18)14-27-20(26-19-6-3-11-24-21(19)27)13-25-22(28)16-7-9-17(23)10-8-16/h2-12H,13-14H2,1H3,(H,25,28). The Morgan fingerprint density at radius 2 is 1.97 bits per heavy atom. The van der Waals surface area contributed by atoms with Crippen LogP contribution in [0, 0.1) is 5.82 Å². The first-order chi connectivity index (χ1) is 14.1. The minimum atomic E-state index is -0.382. The van der Waals surface area contributed by atoms with Crippen LogP contribution < -0.4 is 10.1 Å². The second kappa shape index (κ2) is 8.10. The molecule has 146 valence electrons. The van der Waals surface area contributed by atoms with E-state index in [1.165, 1.54) is 24.3 Å². The van der Waals surface area contributed by atoms with Gasteiger partial charge in [0.2, 0.25) is 0 Å². The number of aromatic nitrogens is 3. The molecule has 29 heavy (non-hydrogen) atoms. The van der Waals surface area contributed by atoms with E-state index < -0.39 is 0 Å². The zero-order valence-corrected chi connectivity index (χ0v) is 15.8. The first kappa shape index (κ1) is 18.6. The topological polar surface area (TPSA) is 69.0 Å². The minimum Gasteiger partial charge on any atom is -0.497 e. The fraction of sp³-hybridized carbons (Fsp3) is 0.136. The van der Waals surface area contributed by atoms with E-state index in [2.05, 4.69) is 15.3 Å². The summed E-state index contributed by atoms with van der Waals surface area (Å²) in [5.41, 5.74) is 2.91. The molecule has 1 N–H and O–H groups in total. The Bertz CT molecular complexity index is 1160. The highest BCUT2D eigenvalue weighted by Crippen LogP contribution is 2.19. The summed E-state index contributed by atoms with van der Waals surface area (Å²) < 4.78 is 20.3. The monoisotopic (exact) mass is 390 g/mol. The van der Waals surface area contributed by atoms with E-state index in [0.29, 0.717) is 17.9 Å². The Kier molecular flexibility index (Phi) is 5.20. The highest BCUT2D eigenvalue weighted by Gasteiger charge is 2.14. The molecule has 0 unspecified atom stereocenters. The molecule has 0 fully saturated rings. The van der Waals surface area contributed by atoms with Crippen molar-refractivity contribution in [1.29, 1.82) is 0 Å². The van der Waals surface area contributed by atoms with Gasteiger partial charge in [-0.05, 0) is 54.1 Å². The summed E-state index contributed by atoms with van der Waals surface area (Å²) in [4.78, 5) is 21.5. The van der Waals surface area contributed by atoms with Gasteiger partial charge >= 0.3 is 0 Å². The maximum Gasteiger partial charge on any atom is 0.251 e. The van der Waals surface area contributed by atoms with Crippen molar-refractivity contribution >= 4 is 17.1 Å². The van der Waals surface area contributed by atoms with Crippen LogP contribution in [-0.2, 0) is 13.1 Å². The lowest BCUT2D eigenvalue weighted by Gasteiger charge is -2.11. The Hall–Kier alpha value is -3.74. The highest BCUT2D eigenvalue weighted by atomic mass is 19.1. The van der Waals surface area contributed by atoms with Crippen LogP contribution in [0.5, 0.6) is 5.75 Å². The zero-order valence-electron chi connectivity index (χ0n) is 15.8. The molecule has 0 aliphatic rings. The van der Waals surface area contributed by atoms with Crippen molar-refractivity contribution in [2.45, 2.75) is 13.1 Å². The summed E-state index contributed by atoms with van der Waals surface area (Å²) >= 11 is 0. The number of nitrogens with one attached hydrogen (secondary N) is 1. The van der Waals surface area contributed by atoms with E-state index in [1.54, 1.807) is 13.3 Å². The zero-order chi connectivity index (χ0) is 20.2. The molecule has 0 saturated heterocycles. The molecule has 0 aliphatic heterocycles. The van der Waals surface area contributed by atoms with Crippen LogP contribution in [0.2, 0.25) is 0 Å². The van der Waals surface area contributed by atoms with Crippen LogP contribution in [0.3, 0.4) is 0 Å². The van der Waals surface area contributed by atoms with Crippen LogP contribution in [0.15, 0.2) is 66.9 Å². The van der Waals surface area contributed by atoms with E-state index in [0.717, 1.165) is 22.5 Å². The number of carbonyl (C=O) groups is 1. The molecule has 1 amide bonds. The third kappa shape index (κ3) is 4.08. The third-order valence-corrected chi connectivity index (χ3v) is 4.57. The van der Waals surface area contributed by atoms with Gasteiger partial charge in [-0.1, -0.05) is 12.1 Å². The first-order valence-corrected chi connectivity index (χ1v) is 9.11. The van der Waals surface area contributed by atoms with E-state index >= 15 is 0 Å². The number of pyridine rings is 1. The van der Waals surface area contributed by atoms with Crippen LogP contribution in [0.25, 0.3) is 11.2 Å². The summed E-state index contributed by atoms with van der Waals surface area (Å²) in [7, 11) is 1.63. The van der Waals surface area contributed by atoms with Crippen molar-refractivity contribution < 1.29 is 13.9 Å². The summed E-state index contributed by atoms with van der Waals surface area (Å²) in [6.45, 7) is 0.753. The van der Waals surface area contributed by atoms with Crippen molar-refractivity contribution in [3.05, 3.63) is 89.6 Å². The Labute approximate surface area is 167 Å². The summed E-state index contributed by atoms with van der Waals surface area (Å²) in [6, 6.07) is 16.9. The largest absolute Gasteiger partial charge is 0.497 e. The SMILES string of the molecule is COc1cccc(Cn2c(CNC(=O)c3ccc(F)cc3)nc3cccnc32)c1. The van der Waals surface area contributed by atoms with Gasteiger partial charge in [-0.15, -0.1) is 0 Å². The van der Waals surface area contributed by atoms with Crippen LogP contribution in [0.4, 0.5) is 4.39 Å². The van der Waals surface area contributed by atoms with Crippen molar-refractivity contribution in [2.75, 3.05) is 7.11 Å². The number of nitrogens with zero attached hydrogens (tertiary/aromatic N) is 3. The second-order valence-electron chi connectivity index (χ2n) is 6.50. The molecule has 0 bridgehead atoms. The number of hydrogen-bond acceptors (Lipinski definition) is 4. The van der Waals surface area contributed by atoms with Gasteiger partial charge in [-0.3, -0.25) is 4.79 Å². The fourth-order valence-corrected chi connectivity index (χ4v) is 3.12. The Morgan fingerprint density at radius 3 is 2.76 bits per heavy atom. The molecule has 4 rings (SSSR count). The number of amides is 1. The van der Waals surface area contributed by atoms with Gasteiger partial charge in [-0.25, -0.2) is 14.4 Å². The summed E-state index contributed by atoms with van der Waals surface area (Å²) in [6.07, 6.45) is 1.72. The lowest BCUT2D eigenvalue weighted by molar-refractivity contribution is 0.0949. The molecule has 2 heterocycles. The number of hydrogen-bond donors (Lipinski definition) is 1. The number of fused-ring (bicyclic) bond motifs is 1. The van der Waals surface area contributed by atoms with Crippen molar-refractivity contribution in [1.82, 2.24) is 19.9 Å². The molecule has 0 saturated carbocycles. The smallest absolute Gasteiger partial charge is 0.251 e. The van der Waals surface area contributed by atoms with Gasteiger partial charge < -0.3 is 14.6 Å². The second-order valence-corrected chi connectivity index (χ2v) is 6.50. The van der Waals surface area contributed by atoms with Gasteiger partial charge in [0.05, 0.1) is 20.2 Å². The predicted molar refractivity (Wildman–Crippen MR) is 107 cm³/mol. The number of imidazole rings is 1. The molecule has 2 aromatic carbocycles. The summed E-state index contributed by atoms with van der Waals surface area (Å²) in [5.74, 6) is 0.772. The van der Waals surface area contributed by atoms with Gasteiger partial charge in [0.1, 0.15) is 22.9 Å². The van der Waals surface area contributed by atoms with Gasteiger partial charge in [0.15, 0.2) is 5.65 Å². The van der Waals surface area contributed by atoms with Crippen LogP contribution >= 0.6 is 0 Å². The highest BCUT2D eigenvalue weighted by molar-refractivity contribution is 5.94. The molecule has 6 nitrogen and oxygen atoms in total. The van der Waals surface area contributed by atoms with Gasteiger partial charge in [0, 0.05) is 11.8 Å². The van der Waals surface area contributed by atoms with Gasteiger partial charge in [-0.2, -0.15) is 0 Å². The number of ether oxygens (including phenoxy) is 1. The number of rotatable bonds is 6. The van der Waals surface area contributed by atoms with E-state index in [9.17, 15) is 9.18 Å². The quantitative estimate of drug-likeness (QED) is 0.547. The number of carbonyl (C=O) groups excluding carboxylic acids is 1. The average Bonchev–Trinajstić information content (AvgIpc) is 3.10. The lowest BCUT2D eigenvalue weighted by atomic mass is 10.2. The first-order valence-electron chi connectivity index (χ1n) is 9.11. The lowest BCUT2D eigenvalue weighted by Crippen LogP contribution is -2.25. The molecular formula is C22H19FN4O2. The van der Waals surface area contributed by atoms with Crippen LogP contribution in [0.1, 0.15) is 21.7 Å². The average molecular weight is 390 g/mol. The normalized spacial score (nSPS) is 10.8.